The smallest absolute Gasteiger partial charge is 0.329 e. The Bertz CT molecular complexity index is 1130. The second-order valence-electron chi connectivity index (χ2n) is 6.90. The number of hydrogen-bond donors (Lipinski definition) is 1. The second-order valence-corrected chi connectivity index (χ2v) is 7.67. The fourth-order valence-electron chi connectivity index (χ4n) is 3.36. The number of hydrogen-bond acceptors (Lipinski definition) is 7. The lowest BCUT2D eigenvalue weighted by Gasteiger charge is -2.35. The van der Waals surface area contributed by atoms with Crippen LogP contribution in [0.2, 0.25) is 0 Å². The Morgan fingerprint density at radius 1 is 1.18 bits per heavy atom. The first-order valence-corrected chi connectivity index (χ1v) is 9.84. The third-order valence-corrected chi connectivity index (χ3v) is 5.65. The summed E-state index contributed by atoms with van der Waals surface area (Å²) >= 11 is 0.954. The largest absolute Gasteiger partial charge is 0.353 e. The number of anilines is 1. The minimum absolute atomic E-state index is 0.133. The van der Waals surface area contributed by atoms with Gasteiger partial charge < -0.3 is 14.8 Å². The number of carbonyl (C=O) groups excluding carboxylic acids is 1. The Morgan fingerprint density at radius 3 is 2.57 bits per heavy atom. The minimum atomic E-state index is -0.526. The van der Waals surface area contributed by atoms with Gasteiger partial charge in [0, 0.05) is 38.4 Å². The summed E-state index contributed by atoms with van der Waals surface area (Å²) in [5.41, 5.74) is -0.631. The standard InChI is InChI=1S/C18H20N6O3S/c1-11(2)24-16(25)14-13(20-18(24)27)15(28-21-14)17(26)23-9-7-22(8-10-23)12-5-3-4-6-19-12/h3-6,11H,7-10H2,1-2H3,(H,20,27). The molecule has 0 bridgehead atoms. The van der Waals surface area contributed by atoms with Crippen LogP contribution in [0.5, 0.6) is 0 Å². The zero-order valence-electron chi connectivity index (χ0n) is 15.6. The molecule has 0 saturated carbocycles. The number of fused-ring (bicyclic) bond motifs is 1. The predicted molar refractivity (Wildman–Crippen MR) is 107 cm³/mol. The van der Waals surface area contributed by atoms with Gasteiger partial charge in [0.05, 0.1) is 5.52 Å². The average Bonchev–Trinajstić information content (AvgIpc) is 3.12. The van der Waals surface area contributed by atoms with E-state index in [0.29, 0.717) is 31.1 Å². The van der Waals surface area contributed by atoms with Crippen molar-refractivity contribution in [1.29, 1.82) is 0 Å². The van der Waals surface area contributed by atoms with Gasteiger partial charge in [-0.3, -0.25) is 14.2 Å². The van der Waals surface area contributed by atoms with Gasteiger partial charge in [-0.25, -0.2) is 9.78 Å². The van der Waals surface area contributed by atoms with Crippen LogP contribution in [0.15, 0.2) is 34.0 Å². The molecule has 0 atom stereocenters. The van der Waals surface area contributed by atoms with Crippen LogP contribution in [-0.4, -0.2) is 55.9 Å². The summed E-state index contributed by atoms with van der Waals surface area (Å²) in [7, 11) is 0. The fraction of sp³-hybridized carbons (Fsp3) is 0.389. The first-order valence-electron chi connectivity index (χ1n) is 9.07. The number of H-pyrrole nitrogens is 1. The Kier molecular flexibility index (Phi) is 4.71. The Balaban J connectivity index is 1.59. The molecule has 28 heavy (non-hydrogen) atoms. The van der Waals surface area contributed by atoms with Crippen molar-refractivity contribution in [3.63, 3.8) is 0 Å². The van der Waals surface area contributed by atoms with E-state index in [2.05, 4.69) is 19.2 Å². The van der Waals surface area contributed by atoms with Gasteiger partial charge in [-0.1, -0.05) is 6.07 Å². The quantitative estimate of drug-likeness (QED) is 0.706. The third kappa shape index (κ3) is 3.09. The molecule has 3 aromatic rings. The van der Waals surface area contributed by atoms with Crippen LogP contribution in [0.4, 0.5) is 5.82 Å². The van der Waals surface area contributed by atoms with Gasteiger partial charge in [0.2, 0.25) is 0 Å². The molecule has 4 rings (SSSR count). The molecule has 0 aromatic carbocycles. The van der Waals surface area contributed by atoms with Crippen molar-refractivity contribution < 1.29 is 4.79 Å². The van der Waals surface area contributed by atoms with Crippen LogP contribution >= 0.6 is 11.5 Å². The minimum Gasteiger partial charge on any atom is -0.353 e. The van der Waals surface area contributed by atoms with Gasteiger partial charge in [-0.15, -0.1) is 0 Å². The van der Waals surface area contributed by atoms with Crippen LogP contribution in [0.3, 0.4) is 0 Å². The molecule has 1 fully saturated rings. The lowest BCUT2D eigenvalue weighted by atomic mass is 10.2. The topological polar surface area (TPSA) is 104 Å². The van der Waals surface area contributed by atoms with Crippen molar-refractivity contribution in [3.8, 4) is 0 Å². The number of rotatable bonds is 3. The van der Waals surface area contributed by atoms with Crippen molar-refractivity contribution in [2.24, 2.45) is 0 Å². The number of carbonyl (C=O) groups is 1. The molecule has 4 heterocycles. The number of aromatic nitrogens is 4. The van der Waals surface area contributed by atoms with Gasteiger partial charge in [0.15, 0.2) is 5.52 Å². The van der Waals surface area contributed by atoms with E-state index >= 15 is 0 Å². The SMILES string of the molecule is CC(C)n1c(=O)[nH]c2c(C(=O)N3CCN(c4ccccn4)CC3)snc2c1=O. The van der Waals surface area contributed by atoms with Gasteiger partial charge in [0.25, 0.3) is 11.5 Å². The van der Waals surface area contributed by atoms with Crippen LogP contribution in [-0.2, 0) is 0 Å². The van der Waals surface area contributed by atoms with E-state index in [1.807, 2.05) is 18.2 Å². The maximum atomic E-state index is 13.0. The van der Waals surface area contributed by atoms with Gasteiger partial charge in [-0.05, 0) is 37.5 Å². The Morgan fingerprint density at radius 2 is 1.93 bits per heavy atom. The van der Waals surface area contributed by atoms with Crippen LogP contribution in [0, 0.1) is 0 Å². The first-order chi connectivity index (χ1) is 13.5. The van der Waals surface area contributed by atoms with Crippen LogP contribution in [0.25, 0.3) is 11.0 Å². The molecule has 3 aromatic heterocycles. The molecule has 1 saturated heterocycles. The van der Waals surface area contributed by atoms with Gasteiger partial charge >= 0.3 is 5.69 Å². The van der Waals surface area contributed by atoms with Crippen LogP contribution in [0.1, 0.15) is 29.6 Å². The normalized spacial score (nSPS) is 14.8. The van der Waals surface area contributed by atoms with Crippen molar-refractivity contribution in [1.82, 2.24) is 23.8 Å². The molecule has 1 amide bonds. The molecule has 0 radical (unpaired) electrons. The molecule has 1 N–H and O–H groups in total. The molecule has 0 spiro atoms. The summed E-state index contributed by atoms with van der Waals surface area (Å²) in [5.74, 6) is 0.668. The summed E-state index contributed by atoms with van der Waals surface area (Å²) in [6, 6.07) is 5.45. The second kappa shape index (κ2) is 7.19. The van der Waals surface area contributed by atoms with Gasteiger partial charge in [-0.2, -0.15) is 4.37 Å². The van der Waals surface area contributed by atoms with Crippen molar-refractivity contribution in [2.75, 3.05) is 31.1 Å². The summed E-state index contributed by atoms with van der Waals surface area (Å²) in [6.07, 6.45) is 1.75. The van der Waals surface area contributed by atoms with E-state index in [4.69, 9.17) is 0 Å². The molecular weight excluding hydrogens is 380 g/mol. The van der Waals surface area contributed by atoms with Crippen molar-refractivity contribution >= 4 is 34.3 Å². The first kappa shape index (κ1) is 18.4. The zero-order valence-corrected chi connectivity index (χ0v) is 16.4. The van der Waals surface area contributed by atoms with E-state index in [1.54, 1.807) is 24.9 Å². The lowest BCUT2D eigenvalue weighted by molar-refractivity contribution is 0.0753. The van der Waals surface area contributed by atoms with Gasteiger partial charge in [0.1, 0.15) is 10.7 Å². The monoisotopic (exact) mass is 400 g/mol. The average molecular weight is 400 g/mol. The molecular formula is C18H20N6O3S. The summed E-state index contributed by atoms with van der Waals surface area (Å²) in [4.78, 5) is 49.0. The highest BCUT2D eigenvalue weighted by molar-refractivity contribution is 7.09. The molecule has 1 aliphatic rings. The zero-order chi connectivity index (χ0) is 19.8. The maximum absolute atomic E-state index is 13.0. The molecule has 0 aliphatic carbocycles. The van der Waals surface area contributed by atoms with Crippen LogP contribution < -0.4 is 16.1 Å². The number of aromatic amines is 1. The van der Waals surface area contributed by atoms with E-state index in [1.165, 1.54) is 0 Å². The Labute approximate surface area is 164 Å². The lowest BCUT2D eigenvalue weighted by Crippen LogP contribution is -2.49. The highest BCUT2D eigenvalue weighted by atomic mass is 32.1. The maximum Gasteiger partial charge on any atom is 0.329 e. The molecule has 0 unspecified atom stereocenters. The fourth-order valence-corrected chi connectivity index (χ4v) is 4.16. The number of amides is 1. The Hall–Kier alpha value is -3.01. The molecule has 9 nitrogen and oxygen atoms in total. The molecule has 1 aliphatic heterocycles. The third-order valence-electron chi connectivity index (χ3n) is 4.81. The van der Waals surface area contributed by atoms with E-state index in [9.17, 15) is 14.4 Å². The summed E-state index contributed by atoms with van der Waals surface area (Å²) in [6.45, 7) is 5.89. The van der Waals surface area contributed by atoms with E-state index in [-0.39, 0.29) is 23.0 Å². The van der Waals surface area contributed by atoms with E-state index < -0.39 is 11.2 Å². The molecule has 146 valence electrons. The number of nitrogens with one attached hydrogen (secondary N) is 1. The highest BCUT2D eigenvalue weighted by Crippen LogP contribution is 2.21. The predicted octanol–water partition coefficient (Wildman–Crippen LogP) is 1.08. The van der Waals surface area contributed by atoms with Crippen molar-refractivity contribution in [2.45, 2.75) is 19.9 Å². The molecule has 10 heteroatoms. The summed E-state index contributed by atoms with van der Waals surface area (Å²) in [5, 5.41) is 0. The van der Waals surface area contributed by atoms with Crippen molar-refractivity contribution in [3.05, 3.63) is 50.1 Å². The van der Waals surface area contributed by atoms with E-state index in [0.717, 1.165) is 21.9 Å². The number of pyridine rings is 1. The number of piperazine rings is 1. The number of nitrogens with zero attached hydrogens (tertiary/aromatic N) is 5. The summed E-state index contributed by atoms with van der Waals surface area (Å²) < 4.78 is 5.26. The highest BCUT2D eigenvalue weighted by Gasteiger charge is 2.27.